The van der Waals surface area contributed by atoms with Crippen LogP contribution in [0, 0.1) is 12.7 Å². The maximum absolute atomic E-state index is 13.2. The number of hydrogen-bond donors (Lipinski definition) is 1. The molecule has 3 rings (SSSR count). The number of nitrogens with zero attached hydrogens (tertiary/aromatic N) is 2. The monoisotopic (exact) mass is 359 g/mol. The van der Waals surface area contributed by atoms with Crippen LogP contribution < -0.4 is 5.32 Å². The molecule has 0 bridgehead atoms. The van der Waals surface area contributed by atoms with Crippen LogP contribution in [0.15, 0.2) is 66.0 Å². The second-order valence-electron chi connectivity index (χ2n) is 5.31. The maximum Gasteiger partial charge on any atom is 0.274 e. The number of hydrogen-bond acceptors (Lipinski definition) is 4. The van der Waals surface area contributed by atoms with Crippen molar-refractivity contribution in [2.24, 2.45) is 0 Å². The minimum atomic E-state index is -3.88. The van der Waals surface area contributed by atoms with E-state index < -0.39 is 21.7 Å². The zero-order chi connectivity index (χ0) is 18.0. The molecule has 0 saturated heterocycles. The van der Waals surface area contributed by atoms with Crippen molar-refractivity contribution >= 4 is 21.6 Å². The minimum Gasteiger partial charge on any atom is -0.319 e. The average Bonchev–Trinajstić information content (AvgIpc) is 3.04. The van der Waals surface area contributed by atoms with Crippen LogP contribution in [0.5, 0.6) is 0 Å². The molecule has 8 heteroatoms. The Morgan fingerprint density at radius 1 is 1.20 bits per heavy atom. The van der Waals surface area contributed by atoms with Crippen LogP contribution >= 0.6 is 0 Å². The molecule has 6 nitrogen and oxygen atoms in total. The maximum atomic E-state index is 13.2. The Bertz CT molecular complexity index is 1030. The molecule has 0 saturated carbocycles. The van der Waals surface area contributed by atoms with Gasteiger partial charge in [-0.2, -0.15) is 0 Å². The first-order chi connectivity index (χ1) is 11.9. The molecule has 2 heterocycles. The van der Waals surface area contributed by atoms with E-state index >= 15 is 0 Å². The summed E-state index contributed by atoms with van der Waals surface area (Å²) in [5, 5.41) is 2.58. The highest BCUT2D eigenvalue weighted by molar-refractivity contribution is 7.90. The fraction of sp³-hybridized carbons (Fsp3) is 0.0588. The fourth-order valence-corrected chi connectivity index (χ4v) is 3.71. The predicted octanol–water partition coefficient (Wildman–Crippen LogP) is 2.82. The lowest BCUT2D eigenvalue weighted by atomic mass is 10.2. The second-order valence-corrected chi connectivity index (χ2v) is 7.13. The van der Waals surface area contributed by atoms with Gasteiger partial charge >= 0.3 is 0 Å². The average molecular weight is 359 g/mol. The molecule has 128 valence electrons. The largest absolute Gasteiger partial charge is 0.319 e. The summed E-state index contributed by atoms with van der Waals surface area (Å²) < 4.78 is 39.5. The van der Waals surface area contributed by atoms with Gasteiger partial charge in [-0.1, -0.05) is 6.07 Å². The molecule has 0 aliphatic carbocycles. The van der Waals surface area contributed by atoms with Crippen LogP contribution in [-0.2, 0) is 10.0 Å². The lowest BCUT2D eigenvalue weighted by molar-refractivity contribution is 0.102. The van der Waals surface area contributed by atoms with Gasteiger partial charge in [-0.3, -0.25) is 9.78 Å². The Kier molecular flexibility index (Phi) is 4.37. The highest BCUT2D eigenvalue weighted by atomic mass is 32.2. The molecule has 2 aromatic heterocycles. The summed E-state index contributed by atoms with van der Waals surface area (Å²) in [4.78, 5) is 16.0. The number of anilines is 1. The molecule has 25 heavy (non-hydrogen) atoms. The van der Waals surface area contributed by atoms with Crippen molar-refractivity contribution in [2.45, 2.75) is 11.8 Å². The normalized spacial score (nSPS) is 11.3. The first-order valence-electron chi connectivity index (χ1n) is 7.30. The number of halogens is 1. The predicted molar refractivity (Wildman–Crippen MR) is 90.3 cm³/mol. The summed E-state index contributed by atoms with van der Waals surface area (Å²) in [6.07, 6.45) is 4.08. The van der Waals surface area contributed by atoms with Gasteiger partial charge in [0.05, 0.1) is 10.6 Å². The van der Waals surface area contributed by atoms with E-state index in [1.165, 1.54) is 37.6 Å². The highest BCUT2D eigenvalue weighted by Gasteiger charge is 2.20. The summed E-state index contributed by atoms with van der Waals surface area (Å²) in [6, 6.07) is 9.82. The smallest absolute Gasteiger partial charge is 0.274 e. The molecule has 3 aromatic rings. The number of rotatable bonds is 4. The van der Waals surface area contributed by atoms with Crippen molar-refractivity contribution in [2.75, 3.05) is 5.32 Å². The summed E-state index contributed by atoms with van der Waals surface area (Å²) in [5.41, 5.74) is 0.819. The van der Waals surface area contributed by atoms with Crippen LogP contribution in [0.3, 0.4) is 0 Å². The van der Waals surface area contributed by atoms with Gasteiger partial charge in [0.15, 0.2) is 0 Å². The third-order valence-corrected chi connectivity index (χ3v) is 5.31. The van der Waals surface area contributed by atoms with Gasteiger partial charge in [0.2, 0.25) is 0 Å². The minimum absolute atomic E-state index is 0.00731. The lowest BCUT2D eigenvalue weighted by Crippen LogP contribution is -2.14. The van der Waals surface area contributed by atoms with E-state index in [4.69, 9.17) is 0 Å². The summed E-state index contributed by atoms with van der Waals surface area (Å²) >= 11 is 0. The first kappa shape index (κ1) is 16.8. The number of aromatic nitrogens is 2. The van der Waals surface area contributed by atoms with E-state index in [1.807, 2.05) is 0 Å². The third-order valence-electron chi connectivity index (χ3n) is 3.52. The molecular weight excluding hydrogens is 345 g/mol. The summed E-state index contributed by atoms with van der Waals surface area (Å²) in [5.74, 6) is -0.957. The Balaban J connectivity index is 1.87. The topological polar surface area (TPSA) is 81.1 Å². The molecule has 0 unspecified atom stereocenters. The molecule has 0 radical (unpaired) electrons. The van der Waals surface area contributed by atoms with Gasteiger partial charge in [-0.15, -0.1) is 0 Å². The van der Waals surface area contributed by atoms with Gasteiger partial charge in [-0.05, 0) is 48.9 Å². The van der Waals surface area contributed by atoms with E-state index in [-0.39, 0.29) is 10.6 Å². The van der Waals surface area contributed by atoms with E-state index in [1.54, 1.807) is 18.2 Å². The first-order valence-corrected chi connectivity index (χ1v) is 8.74. The van der Waals surface area contributed by atoms with Gasteiger partial charge in [0.25, 0.3) is 15.9 Å². The van der Waals surface area contributed by atoms with E-state index in [0.29, 0.717) is 11.3 Å². The van der Waals surface area contributed by atoms with E-state index in [2.05, 4.69) is 10.3 Å². The zero-order valence-corrected chi connectivity index (χ0v) is 14.0. The number of nitrogens with one attached hydrogen (secondary N) is 1. The zero-order valence-electron chi connectivity index (χ0n) is 13.2. The van der Waals surface area contributed by atoms with Crippen LogP contribution in [0.25, 0.3) is 0 Å². The molecule has 1 amide bonds. The van der Waals surface area contributed by atoms with Crippen LogP contribution in [-0.4, -0.2) is 23.3 Å². The number of carbonyl (C=O) groups excluding carboxylic acids is 1. The molecule has 1 aromatic carbocycles. The molecule has 0 aliphatic heterocycles. The van der Waals surface area contributed by atoms with Crippen molar-refractivity contribution in [1.29, 1.82) is 0 Å². The molecule has 0 aliphatic rings. The SMILES string of the molecule is Cc1cc(F)ccc1S(=O)(=O)n1ccc(NC(=O)c2ccccn2)c1. The van der Waals surface area contributed by atoms with Crippen molar-refractivity contribution in [3.8, 4) is 0 Å². The van der Waals surface area contributed by atoms with Crippen molar-refractivity contribution in [3.05, 3.63) is 78.1 Å². The van der Waals surface area contributed by atoms with Crippen molar-refractivity contribution < 1.29 is 17.6 Å². The highest BCUT2D eigenvalue weighted by Crippen LogP contribution is 2.21. The van der Waals surface area contributed by atoms with Crippen LogP contribution in [0.4, 0.5) is 10.1 Å². The number of aryl methyl sites for hydroxylation is 1. The third kappa shape index (κ3) is 3.43. The molecule has 0 atom stereocenters. The number of pyridine rings is 1. The van der Waals surface area contributed by atoms with E-state index in [0.717, 1.165) is 16.1 Å². The molecule has 0 spiro atoms. The van der Waals surface area contributed by atoms with Crippen LogP contribution in [0.2, 0.25) is 0 Å². The summed E-state index contributed by atoms with van der Waals surface area (Å²) in [7, 11) is -3.88. The molecular formula is C17H14FN3O3S. The number of amides is 1. The Hall–Kier alpha value is -3.00. The fourth-order valence-electron chi connectivity index (χ4n) is 2.31. The van der Waals surface area contributed by atoms with Gasteiger partial charge in [0, 0.05) is 18.6 Å². The summed E-state index contributed by atoms with van der Waals surface area (Å²) in [6.45, 7) is 1.52. The molecule has 1 N–H and O–H groups in total. The number of carbonyl (C=O) groups is 1. The Morgan fingerprint density at radius 2 is 2.00 bits per heavy atom. The Labute approximate surface area is 144 Å². The Morgan fingerprint density at radius 3 is 2.68 bits per heavy atom. The lowest BCUT2D eigenvalue weighted by Gasteiger charge is -2.08. The van der Waals surface area contributed by atoms with Crippen molar-refractivity contribution in [1.82, 2.24) is 8.96 Å². The van der Waals surface area contributed by atoms with Gasteiger partial charge < -0.3 is 5.32 Å². The van der Waals surface area contributed by atoms with Crippen LogP contribution in [0.1, 0.15) is 16.1 Å². The quantitative estimate of drug-likeness (QED) is 0.777. The molecule has 0 fully saturated rings. The van der Waals surface area contributed by atoms with Crippen molar-refractivity contribution in [3.63, 3.8) is 0 Å². The standard InChI is InChI=1S/C17H14FN3O3S/c1-12-10-13(18)5-6-16(12)25(23,24)21-9-7-14(11-21)20-17(22)15-4-2-3-8-19-15/h2-11H,1H3,(H,20,22). The second kappa shape index (κ2) is 6.48. The number of benzene rings is 1. The van der Waals surface area contributed by atoms with Gasteiger partial charge in [-0.25, -0.2) is 16.8 Å². The van der Waals surface area contributed by atoms with E-state index in [9.17, 15) is 17.6 Å². The van der Waals surface area contributed by atoms with Gasteiger partial charge in [0.1, 0.15) is 11.5 Å².